The molecular weight excluding hydrogens is 318 g/mol. The highest BCUT2D eigenvalue weighted by Gasteiger charge is 2.30. The normalized spacial score (nSPS) is 21.4. The summed E-state index contributed by atoms with van der Waals surface area (Å²) in [7, 11) is 1.86. The fourth-order valence-electron chi connectivity index (χ4n) is 4.12. The van der Waals surface area contributed by atoms with E-state index < -0.39 is 5.97 Å². The molecule has 6 nitrogen and oxygen atoms in total. The molecule has 1 saturated carbocycles. The van der Waals surface area contributed by atoms with E-state index >= 15 is 0 Å². The van der Waals surface area contributed by atoms with Crippen LogP contribution in [0, 0.1) is 13.8 Å². The van der Waals surface area contributed by atoms with Crippen molar-refractivity contribution in [2.24, 2.45) is 0 Å². The molecule has 25 heavy (non-hydrogen) atoms. The van der Waals surface area contributed by atoms with E-state index in [0.717, 1.165) is 37.1 Å². The van der Waals surface area contributed by atoms with Gasteiger partial charge in [0.15, 0.2) is 0 Å². The molecule has 6 heteroatoms. The maximum atomic E-state index is 13.0. The maximum Gasteiger partial charge on any atom is 0.317 e. The summed E-state index contributed by atoms with van der Waals surface area (Å²) in [5, 5.41) is 8.97. The van der Waals surface area contributed by atoms with Crippen LogP contribution in [-0.4, -0.2) is 64.1 Å². The lowest BCUT2D eigenvalue weighted by molar-refractivity contribution is -0.138. The van der Waals surface area contributed by atoms with Crippen LogP contribution in [0.15, 0.2) is 6.07 Å². The second kappa shape index (κ2) is 7.20. The monoisotopic (exact) mass is 347 g/mol. The molecule has 2 heterocycles. The highest BCUT2D eigenvalue weighted by atomic mass is 16.4. The van der Waals surface area contributed by atoms with Gasteiger partial charge in [0.25, 0.3) is 5.91 Å². The summed E-state index contributed by atoms with van der Waals surface area (Å²) in [5.41, 5.74) is 3.10. The number of carbonyl (C=O) groups is 2. The fourth-order valence-corrected chi connectivity index (χ4v) is 4.12. The first-order valence-electron chi connectivity index (χ1n) is 9.28. The van der Waals surface area contributed by atoms with Crippen molar-refractivity contribution in [3.63, 3.8) is 0 Å². The number of hydrogen-bond acceptors (Lipinski definition) is 3. The number of aromatic nitrogens is 1. The number of aliphatic carboxylic acids is 1. The molecule has 138 valence electrons. The third-order valence-electron chi connectivity index (χ3n) is 5.62. The van der Waals surface area contributed by atoms with Crippen LogP contribution in [0.25, 0.3) is 0 Å². The second-order valence-corrected chi connectivity index (χ2v) is 7.57. The minimum atomic E-state index is -0.799. The van der Waals surface area contributed by atoms with Crippen molar-refractivity contribution in [2.75, 3.05) is 26.7 Å². The van der Waals surface area contributed by atoms with Crippen molar-refractivity contribution < 1.29 is 14.7 Å². The van der Waals surface area contributed by atoms with Gasteiger partial charge in [-0.15, -0.1) is 0 Å². The topological polar surface area (TPSA) is 65.8 Å². The summed E-state index contributed by atoms with van der Waals surface area (Å²) >= 11 is 0. The number of amides is 1. The van der Waals surface area contributed by atoms with E-state index in [-0.39, 0.29) is 18.5 Å². The average molecular weight is 347 g/mol. The molecule has 1 aromatic heterocycles. The smallest absolute Gasteiger partial charge is 0.317 e. The minimum absolute atomic E-state index is 0.0567. The summed E-state index contributed by atoms with van der Waals surface area (Å²) in [6, 6.07) is 2.85. The molecule has 0 spiro atoms. The molecule has 1 aliphatic heterocycles. The third kappa shape index (κ3) is 3.89. The van der Waals surface area contributed by atoms with E-state index in [9.17, 15) is 9.59 Å². The van der Waals surface area contributed by atoms with Crippen LogP contribution in [0.5, 0.6) is 0 Å². The van der Waals surface area contributed by atoms with E-state index in [0.29, 0.717) is 12.6 Å². The zero-order valence-corrected chi connectivity index (χ0v) is 15.5. The number of carbonyl (C=O) groups excluding carboxylic acids is 1. The molecular formula is C19H29N3O3. The summed E-state index contributed by atoms with van der Waals surface area (Å²) in [6.07, 6.45) is 5.11. The first-order chi connectivity index (χ1) is 11.9. The van der Waals surface area contributed by atoms with E-state index in [4.69, 9.17) is 5.11 Å². The third-order valence-corrected chi connectivity index (χ3v) is 5.62. The van der Waals surface area contributed by atoms with Gasteiger partial charge in [0.05, 0.1) is 12.1 Å². The van der Waals surface area contributed by atoms with Gasteiger partial charge in [0.1, 0.15) is 0 Å². The van der Waals surface area contributed by atoms with Gasteiger partial charge < -0.3 is 14.6 Å². The second-order valence-electron chi connectivity index (χ2n) is 7.57. The van der Waals surface area contributed by atoms with Gasteiger partial charge >= 0.3 is 5.97 Å². The molecule has 1 N–H and O–H groups in total. The molecule has 1 unspecified atom stereocenters. The van der Waals surface area contributed by atoms with E-state index in [1.54, 1.807) is 0 Å². The Morgan fingerprint density at radius 1 is 1.20 bits per heavy atom. The molecule has 1 aromatic rings. The van der Waals surface area contributed by atoms with Crippen molar-refractivity contribution in [1.29, 1.82) is 0 Å². The van der Waals surface area contributed by atoms with Crippen molar-refractivity contribution in [1.82, 2.24) is 14.4 Å². The van der Waals surface area contributed by atoms with Gasteiger partial charge in [-0.1, -0.05) is 0 Å². The lowest BCUT2D eigenvalue weighted by Gasteiger charge is -2.25. The lowest BCUT2D eigenvalue weighted by atomic mass is 10.1. The first kappa shape index (κ1) is 18.0. The van der Waals surface area contributed by atoms with Crippen LogP contribution < -0.4 is 0 Å². The average Bonchev–Trinajstić information content (AvgIpc) is 3.34. The maximum absolute atomic E-state index is 13.0. The molecule has 3 rings (SSSR count). The van der Waals surface area contributed by atoms with Gasteiger partial charge in [-0.25, -0.2) is 0 Å². The number of carboxylic acids is 1. The SMILES string of the molecule is Cc1cc(C(=O)N2CCCC(N(C)CC(=O)O)CC2)c(C)n1C1CC1. The number of aryl methyl sites for hydroxylation is 1. The van der Waals surface area contributed by atoms with Crippen LogP contribution in [0.2, 0.25) is 0 Å². The minimum Gasteiger partial charge on any atom is -0.480 e. The quantitative estimate of drug-likeness (QED) is 0.888. The predicted octanol–water partition coefficient (Wildman–Crippen LogP) is 2.45. The molecule has 1 aliphatic carbocycles. The number of carboxylic acid groups (broad SMARTS) is 1. The van der Waals surface area contributed by atoms with Crippen molar-refractivity contribution in [3.8, 4) is 0 Å². The Bertz CT molecular complexity index is 663. The molecule has 2 aliphatic rings. The zero-order chi connectivity index (χ0) is 18.1. The predicted molar refractivity (Wildman–Crippen MR) is 96.0 cm³/mol. The number of rotatable bonds is 5. The molecule has 1 atom stereocenters. The molecule has 1 saturated heterocycles. The molecule has 0 radical (unpaired) electrons. The van der Waals surface area contributed by atoms with Crippen LogP contribution in [0.1, 0.15) is 59.9 Å². The summed E-state index contributed by atoms with van der Waals surface area (Å²) in [6.45, 7) is 5.65. The van der Waals surface area contributed by atoms with Gasteiger partial charge in [0, 0.05) is 36.6 Å². The van der Waals surface area contributed by atoms with E-state index in [1.165, 1.54) is 18.5 Å². The van der Waals surface area contributed by atoms with E-state index in [1.807, 2.05) is 22.9 Å². The van der Waals surface area contributed by atoms with Crippen molar-refractivity contribution in [2.45, 2.75) is 58.0 Å². The Hall–Kier alpha value is -1.82. The van der Waals surface area contributed by atoms with Crippen LogP contribution >= 0.6 is 0 Å². The summed E-state index contributed by atoms with van der Waals surface area (Å²) in [4.78, 5) is 27.8. The molecule has 2 fully saturated rings. The largest absolute Gasteiger partial charge is 0.480 e. The number of hydrogen-bond donors (Lipinski definition) is 1. The highest BCUT2D eigenvalue weighted by molar-refractivity contribution is 5.95. The fraction of sp³-hybridized carbons (Fsp3) is 0.684. The van der Waals surface area contributed by atoms with E-state index in [2.05, 4.69) is 18.4 Å². The molecule has 0 aromatic carbocycles. The Morgan fingerprint density at radius 3 is 2.56 bits per heavy atom. The van der Waals surface area contributed by atoms with Crippen LogP contribution in [0.3, 0.4) is 0 Å². The molecule has 0 bridgehead atoms. The number of likely N-dealkylation sites (tertiary alicyclic amines) is 1. The Balaban J connectivity index is 1.67. The number of likely N-dealkylation sites (N-methyl/N-ethyl adjacent to an activating group) is 1. The van der Waals surface area contributed by atoms with Crippen molar-refractivity contribution >= 4 is 11.9 Å². The van der Waals surface area contributed by atoms with Crippen molar-refractivity contribution in [3.05, 3.63) is 23.0 Å². The summed E-state index contributed by atoms with van der Waals surface area (Å²) in [5.74, 6) is -0.672. The Labute approximate surface area is 149 Å². The van der Waals surface area contributed by atoms with Gasteiger partial charge in [-0.2, -0.15) is 0 Å². The standard InChI is InChI=1S/C19H29N3O3/c1-13-11-17(14(2)22(13)16-6-7-16)19(25)21-9-4-5-15(8-10-21)20(3)12-18(23)24/h11,15-16H,4-10,12H2,1-3H3,(H,23,24). The Morgan fingerprint density at radius 2 is 1.92 bits per heavy atom. The van der Waals surface area contributed by atoms with Gasteiger partial charge in [-0.05, 0) is 59.1 Å². The number of nitrogens with zero attached hydrogens (tertiary/aromatic N) is 3. The first-order valence-corrected chi connectivity index (χ1v) is 9.28. The highest BCUT2D eigenvalue weighted by Crippen LogP contribution is 2.38. The van der Waals surface area contributed by atoms with Gasteiger partial charge in [-0.3, -0.25) is 14.5 Å². The van der Waals surface area contributed by atoms with Crippen LogP contribution in [-0.2, 0) is 4.79 Å². The summed E-state index contributed by atoms with van der Waals surface area (Å²) < 4.78 is 2.31. The lowest BCUT2D eigenvalue weighted by Crippen LogP contribution is -2.37. The van der Waals surface area contributed by atoms with Gasteiger partial charge in [0.2, 0.25) is 0 Å². The molecule has 1 amide bonds. The zero-order valence-electron chi connectivity index (χ0n) is 15.5. The van der Waals surface area contributed by atoms with Crippen LogP contribution in [0.4, 0.5) is 0 Å². The Kier molecular flexibility index (Phi) is 5.18.